The first-order valence-corrected chi connectivity index (χ1v) is 5.87. The Labute approximate surface area is 108 Å². The molecule has 1 heterocycles. The van der Waals surface area contributed by atoms with Crippen molar-refractivity contribution in [3.8, 4) is 0 Å². The van der Waals surface area contributed by atoms with Crippen LogP contribution in [0.1, 0.15) is 35.7 Å². The number of aromatic carboxylic acids is 1. The van der Waals surface area contributed by atoms with Crippen LogP contribution in [0.5, 0.6) is 0 Å². The number of hydrogen-bond acceptors (Lipinski definition) is 2. The van der Waals surface area contributed by atoms with E-state index in [4.69, 9.17) is 16.7 Å². The molecule has 2 rings (SSSR count). The lowest BCUT2D eigenvalue weighted by molar-refractivity contribution is 0.0695. The minimum atomic E-state index is -1.26. The van der Waals surface area contributed by atoms with Crippen molar-refractivity contribution in [1.82, 2.24) is 4.98 Å². The number of hydrogen-bond donors (Lipinski definition) is 2. The van der Waals surface area contributed by atoms with Crippen LogP contribution in [-0.2, 0) is 0 Å². The minimum Gasteiger partial charge on any atom is -0.477 e. The molecule has 0 saturated carbocycles. The first-order valence-electron chi connectivity index (χ1n) is 5.50. The lowest BCUT2D eigenvalue weighted by atomic mass is 10.0. The fourth-order valence-electron chi connectivity index (χ4n) is 1.78. The lowest BCUT2D eigenvalue weighted by Crippen LogP contribution is -2.17. The summed E-state index contributed by atoms with van der Waals surface area (Å²) in [6.45, 7) is 4.03. The fraction of sp³-hybridized carbons (Fsp3) is 0.231. The maximum absolute atomic E-state index is 11.6. The highest BCUT2D eigenvalue weighted by atomic mass is 35.5. The Hall–Kier alpha value is -1.81. The molecule has 0 aliphatic rings. The molecule has 0 bridgehead atoms. The van der Waals surface area contributed by atoms with Gasteiger partial charge in [-0.3, -0.25) is 4.79 Å². The SMILES string of the molecule is CC(C)c1cc(Cl)c2cc(C(=O)O)c(=O)[nH]c2c1. The van der Waals surface area contributed by atoms with Crippen molar-refractivity contribution < 1.29 is 9.90 Å². The third-order valence-corrected chi connectivity index (χ3v) is 3.14. The van der Waals surface area contributed by atoms with Crippen molar-refractivity contribution in [3.05, 3.63) is 44.7 Å². The summed E-state index contributed by atoms with van der Waals surface area (Å²) in [6, 6.07) is 4.92. The summed E-state index contributed by atoms with van der Waals surface area (Å²) in [7, 11) is 0. The Balaban J connectivity index is 2.81. The number of halogens is 1. The van der Waals surface area contributed by atoms with Gasteiger partial charge in [0.05, 0.1) is 10.5 Å². The predicted molar refractivity (Wildman–Crippen MR) is 70.6 cm³/mol. The van der Waals surface area contributed by atoms with Crippen molar-refractivity contribution in [2.24, 2.45) is 0 Å². The maximum atomic E-state index is 11.6. The largest absolute Gasteiger partial charge is 0.477 e. The molecule has 2 N–H and O–H groups in total. The summed E-state index contributed by atoms with van der Waals surface area (Å²) >= 11 is 6.12. The Morgan fingerprint density at radius 1 is 1.33 bits per heavy atom. The van der Waals surface area contributed by atoms with Gasteiger partial charge in [-0.2, -0.15) is 0 Å². The summed E-state index contributed by atoms with van der Waals surface area (Å²) in [5.41, 5.74) is 0.626. The smallest absolute Gasteiger partial charge is 0.341 e. The second-order valence-corrected chi connectivity index (χ2v) is 4.84. The monoisotopic (exact) mass is 265 g/mol. The third kappa shape index (κ3) is 2.11. The zero-order valence-electron chi connectivity index (χ0n) is 9.95. The van der Waals surface area contributed by atoms with E-state index in [-0.39, 0.29) is 11.5 Å². The van der Waals surface area contributed by atoms with Gasteiger partial charge in [-0.05, 0) is 29.7 Å². The molecule has 0 atom stereocenters. The van der Waals surface area contributed by atoms with Gasteiger partial charge in [0.2, 0.25) is 0 Å². The van der Waals surface area contributed by atoms with E-state index >= 15 is 0 Å². The number of H-pyrrole nitrogens is 1. The van der Waals surface area contributed by atoms with Crippen LogP contribution >= 0.6 is 11.6 Å². The second kappa shape index (κ2) is 4.46. The highest BCUT2D eigenvalue weighted by Crippen LogP contribution is 2.27. The highest BCUT2D eigenvalue weighted by molar-refractivity contribution is 6.35. The fourth-order valence-corrected chi connectivity index (χ4v) is 2.06. The van der Waals surface area contributed by atoms with E-state index in [2.05, 4.69) is 4.98 Å². The zero-order chi connectivity index (χ0) is 13.4. The first kappa shape index (κ1) is 12.6. The van der Waals surface area contributed by atoms with Gasteiger partial charge in [-0.25, -0.2) is 4.79 Å². The van der Waals surface area contributed by atoms with Crippen LogP contribution in [0, 0.1) is 0 Å². The van der Waals surface area contributed by atoms with E-state index in [0.29, 0.717) is 15.9 Å². The topological polar surface area (TPSA) is 70.2 Å². The van der Waals surface area contributed by atoms with Crippen LogP contribution in [0.4, 0.5) is 0 Å². The number of aromatic amines is 1. The van der Waals surface area contributed by atoms with E-state index < -0.39 is 11.5 Å². The molecule has 0 saturated heterocycles. The van der Waals surface area contributed by atoms with Gasteiger partial charge in [0.25, 0.3) is 5.56 Å². The number of carbonyl (C=O) groups is 1. The van der Waals surface area contributed by atoms with Crippen LogP contribution in [0.3, 0.4) is 0 Å². The number of aromatic nitrogens is 1. The number of pyridine rings is 1. The molecule has 0 aliphatic carbocycles. The van der Waals surface area contributed by atoms with Crippen LogP contribution < -0.4 is 5.56 Å². The molecule has 0 fully saturated rings. The quantitative estimate of drug-likeness (QED) is 0.877. The van der Waals surface area contributed by atoms with Crippen LogP contribution in [0.2, 0.25) is 5.02 Å². The number of carboxylic acids is 1. The van der Waals surface area contributed by atoms with E-state index in [1.165, 1.54) is 6.07 Å². The number of fused-ring (bicyclic) bond motifs is 1. The van der Waals surface area contributed by atoms with Crippen molar-refractivity contribution in [1.29, 1.82) is 0 Å². The standard InChI is InChI=1S/C13H12ClNO3/c1-6(2)7-3-10(14)8-5-9(13(17)18)12(16)15-11(8)4-7/h3-6H,1-2H3,(H,15,16)(H,17,18). The first-order chi connectivity index (χ1) is 8.40. The van der Waals surface area contributed by atoms with Gasteiger partial charge >= 0.3 is 5.97 Å². The van der Waals surface area contributed by atoms with Gasteiger partial charge in [-0.15, -0.1) is 0 Å². The molecule has 1 aromatic carbocycles. The number of carboxylic acid groups (broad SMARTS) is 1. The summed E-state index contributed by atoms with van der Waals surface area (Å²) in [6.07, 6.45) is 0. The molecule has 18 heavy (non-hydrogen) atoms. The summed E-state index contributed by atoms with van der Waals surface area (Å²) in [4.78, 5) is 25.0. The molecule has 5 heteroatoms. The molecular formula is C13H12ClNO3. The molecule has 0 spiro atoms. The van der Waals surface area contributed by atoms with Gasteiger partial charge in [0.1, 0.15) is 5.56 Å². The second-order valence-electron chi connectivity index (χ2n) is 4.44. The summed E-state index contributed by atoms with van der Waals surface area (Å²) < 4.78 is 0. The highest BCUT2D eigenvalue weighted by Gasteiger charge is 2.13. The molecule has 0 amide bonds. The van der Waals surface area contributed by atoms with Crippen molar-refractivity contribution in [2.75, 3.05) is 0 Å². The molecule has 2 aromatic rings. The number of rotatable bonds is 2. The van der Waals surface area contributed by atoms with Gasteiger partial charge in [0, 0.05) is 5.39 Å². The Bertz CT molecular complexity index is 688. The van der Waals surface area contributed by atoms with E-state index in [1.807, 2.05) is 19.9 Å². The average Bonchev–Trinajstić information content (AvgIpc) is 2.27. The average molecular weight is 266 g/mol. The molecule has 0 unspecified atom stereocenters. The third-order valence-electron chi connectivity index (χ3n) is 2.83. The van der Waals surface area contributed by atoms with Crippen LogP contribution in [0.25, 0.3) is 10.9 Å². The van der Waals surface area contributed by atoms with Crippen molar-refractivity contribution in [2.45, 2.75) is 19.8 Å². The maximum Gasteiger partial charge on any atom is 0.341 e. The van der Waals surface area contributed by atoms with Crippen LogP contribution in [-0.4, -0.2) is 16.1 Å². The lowest BCUT2D eigenvalue weighted by Gasteiger charge is -2.09. The number of nitrogens with one attached hydrogen (secondary N) is 1. The molecule has 0 radical (unpaired) electrons. The van der Waals surface area contributed by atoms with E-state index in [9.17, 15) is 9.59 Å². The molecular weight excluding hydrogens is 254 g/mol. The van der Waals surface area contributed by atoms with E-state index in [0.717, 1.165) is 5.56 Å². The van der Waals surface area contributed by atoms with Gasteiger partial charge in [-0.1, -0.05) is 25.4 Å². The Morgan fingerprint density at radius 2 is 2.00 bits per heavy atom. The van der Waals surface area contributed by atoms with Gasteiger partial charge in [0.15, 0.2) is 0 Å². The van der Waals surface area contributed by atoms with Gasteiger partial charge < -0.3 is 10.1 Å². The number of benzene rings is 1. The van der Waals surface area contributed by atoms with Crippen molar-refractivity contribution >= 4 is 28.5 Å². The zero-order valence-corrected chi connectivity index (χ0v) is 10.7. The van der Waals surface area contributed by atoms with Crippen LogP contribution in [0.15, 0.2) is 23.0 Å². The molecule has 0 aliphatic heterocycles. The summed E-state index contributed by atoms with van der Waals surface area (Å²) in [5, 5.41) is 9.88. The predicted octanol–water partition coefficient (Wildman–Crippen LogP) is 3.00. The molecule has 94 valence electrons. The Kier molecular flexibility index (Phi) is 3.13. The summed E-state index contributed by atoms with van der Waals surface area (Å²) in [5.74, 6) is -0.989. The normalized spacial score (nSPS) is 11.1. The van der Waals surface area contributed by atoms with Crippen molar-refractivity contribution in [3.63, 3.8) is 0 Å². The molecule has 4 nitrogen and oxygen atoms in total. The Morgan fingerprint density at radius 3 is 2.56 bits per heavy atom. The minimum absolute atomic E-state index is 0.273. The van der Waals surface area contributed by atoms with E-state index in [1.54, 1.807) is 6.07 Å². The molecule has 1 aromatic heterocycles.